The molecule has 2 aromatic heterocycles. The molecule has 1 aromatic carbocycles. The second-order valence-electron chi connectivity index (χ2n) is 6.28. The molecule has 0 bridgehead atoms. The number of amides is 2. The van der Waals surface area contributed by atoms with Crippen LogP contribution in [-0.2, 0) is 11.0 Å². The Kier molecular flexibility index (Phi) is 6.47. The number of benzene rings is 1. The number of nitrogens with one attached hydrogen (secondary N) is 2. The molecule has 0 fully saturated rings. The van der Waals surface area contributed by atoms with Crippen LogP contribution in [0.25, 0.3) is 5.69 Å². The van der Waals surface area contributed by atoms with Gasteiger partial charge in [-0.1, -0.05) is 17.7 Å². The van der Waals surface area contributed by atoms with Crippen LogP contribution in [-0.4, -0.2) is 28.1 Å². The Hall–Kier alpha value is -2.85. The quantitative estimate of drug-likeness (QED) is 0.565. The summed E-state index contributed by atoms with van der Waals surface area (Å²) in [5.74, 6) is -0.552. The molecule has 0 aliphatic heterocycles. The number of carbonyl (C=O) groups excluding carboxylic acids is 2. The Morgan fingerprint density at radius 3 is 2.67 bits per heavy atom. The lowest BCUT2D eigenvalue weighted by Crippen LogP contribution is -2.27. The number of nitrogens with zero attached hydrogens (tertiary/aromatic N) is 2. The molecule has 11 heteroatoms. The summed E-state index contributed by atoms with van der Waals surface area (Å²) >= 11 is 7.36. The monoisotopic (exact) mass is 456 g/mol. The molecule has 2 N–H and O–H groups in total. The normalized spacial score (nSPS) is 11.4. The number of aromatic nitrogens is 2. The molecule has 0 aliphatic carbocycles. The van der Waals surface area contributed by atoms with E-state index in [9.17, 15) is 22.8 Å². The van der Waals surface area contributed by atoms with Crippen molar-refractivity contribution >= 4 is 40.6 Å². The van der Waals surface area contributed by atoms with Crippen molar-refractivity contribution in [3.05, 3.63) is 62.9 Å². The molecule has 0 aliphatic rings. The number of rotatable bonds is 6. The number of hydrogen-bond donors (Lipinski definition) is 2. The smallest absolute Gasteiger partial charge is 0.351 e. The van der Waals surface area contributed by atoms with Gasteiger partial charge in [-0.25, -0.2) is 4.68 Å². The average molecular weight is 457 g/mol. The van der Waals surface area contributed by atoms with Gasteiger partial charge in [0.2, 0.25) is 5.91 Å². The average Bonchev–Trinajstić information content (AvgIpc) is 3.31. The van der Waals surface area contributed by atoms with Gasteiger partial charge in [0.25, 0.3) is 5.91 Å². The highest BCUT2D eigenvalue weighted by molar-refractivity contribution is 7.12. The molecule has 6 nitrogen and oxygen atoms in total. The van der Waals surface area contributed by atoms with Crippen LogP contribution in [0.3, 0.4) is 0 Å². The van der Waals surface area contributed by atoms with Gasteiger partial charge in [-0.05, 0) is 36.6 Å². The molecule has 0 saturated heterocycles. The van der Waals surface area contributed by atoms with Gasteiger partial charge >= 0.3 is 6.18 Å². The first-order valence-corrected chi connectivity index (χ1v) is 9.96. The van der Waals surface area contributed by atoms with E-state index in [1.165, 1.54) is 17.4 Å². The number of anilines is 1. The molecular formula is C19H16ClF3N4O2S. The van der Waals surface area contributed by atoms with Crippen LogP contribution in [0.5, 0.6) is 0 Å². The van der Waals surface area contributed by atoms with Gasteiger partial charge in [0.1, 0.15) is 5.82 Å². The largest absolute Gasteiger partial charge is 0.416 e. The third-order valence-electron chi connectivity index (χ3n) is 3.98. The van der Waals surface area contributed by atoms with Crippen molar-refractivity contribution in [2.24, 2.45) is 0 Å². The predicted molar refractivity (Wildman–Crippen MR) is 108 cm³/mol. The summed E-state index contributed by atoms with van der Waals surface area (Å²) in [5, 5.41) is 11.2. The fraction of sp³-hybridized carbons (Fsp3) is 0.211. The first-order chi connectivity index (χ1) is 14.1. The van der Waals surface area contributed by atoms with Crippen LogP contribution in [0.2, 0.25) is 5.02 Å². The van der Waals surface area contributed by atoms with Gasteiger partial charge in [-0.15, -0.1) is 11.3 Å². The molecule has 2 amide bonds. The molecule has 0 radical (unpaired) electrons. The number of halogens is 4. The number of carbonyl (C=O) groups is 2. The molecular weight excluding hydrogens is 441 g/mol. The van der Waals surface area contributed by atoms with Crippen molar-refractivity contribution in [1.82, 2.24) is 15.1 Å². The van der Waals surface area contributed by atoms with Gasteiger partial charge in [0.05, 0.1) is 26.8 Å². The fourth-order valence-corrected chi connectivity index (χ4v) is 3.45. The van der Waals surface area contributed by atoms with Gasteiger partial charge in [-0.2, -0.15) is 18.3 Å². The van der Waals surface area contributed by atoms with E-state index in [0.29, 0.717) is 10.6 Å². The van der Waals surface area contributed by atoms with Crippen LogP contribution in [0.15, 0.2) is 41.8 Å². The van der Waals surface area contributed by atoms with Crippen molar-refractivity contribution in [2.45, 2.75) is 19.5 Å². The highest BCUT2D eigenvalue weighted by Crippen LogP contribution is 2.34. The van der Waals surface area contributed by atoms with E-state index in [-0.39, 0.29) is 35.4 Å². The first kappa shape index (κ1) is 21.8. The van der Waals surface area contributed by atoms with E-state index >= 15 is 0 Å². The minimum atomic E-state index is -4.55. The second kappa shape index (κ2) is 8.88. The van der Waals surface area contributed by atoms with Crippen LogP contribution in [0.1, 0.15) is 27.3 Å². The summed E-state index contributed by atoms with van der Waals surface area (Å²) < 4.78 is 40.3. The van der Waals surface area contributed by atoms with Crippen molar-refractivity contribution in [3.8, 4) is 5.69 Å². The molecule has 3 aromatic rings. The Labute approximate surface area is 178 Å². The summed E-state index contributed by atoms with van der Waals surface area (Å²) in [6.07, 6.45) is -4.58. The number of thiophene rings is 1. The maximum atomic E-state index is 13.1. The second-order valence-corrected chi connectivity index (χ2v) is 7.63. The van der Waals surface area contributed by atoms with Crippen LogP contribution in [0.4, 0.5) is 19.0 Å². The summed E-state index contributed by atoms with van der Waals surface area (Å²) in [7, 11) is 0. The molecule has 0 saturated carbocycles. The highest BCUT2D eigenvalue weighted by Gasteiger charge is 2.31. The summed E-state index contributed by atoms with van der Waals surface area (Å²) in [6, 6.07) is 7.79. The van der Waals surface area contributed by atoms with Gasteiger partial charge in [0.15, 0.2) is 0 Å². The molecule has 3 rings (SSSR count). The maximum Gasteiger partial charge on any atom is 0.416 e. The summed E-state index contributed by atoms with van der Waals surface area (Å²) in [5.41, 5.74) is -0.422. The molecule has 158 valence electrons. The van der Waals surface area contributed by atoms with Crippen LogP contribution >= 0.6 is 22.9 Å². The summed E-state index contributed by atoms with van der Waals surface area (Å²) in [6.45, 7) is 1.73. The van der Waals surface area contributed by atoms with Gasteiger partial charge < -0.3 is 10.6 Å². The lowest BCUT2D eigenvalue weighted by molar-refractivity contribution is -0.137. The minimum absolute atomic E-state index is 0.0131. The number of alkyl halides is 3. The topological polar surface area (TPSA) is 76.0 Å². The van der Waals surface area contributed by atoms with Gasteiger partial charge in [0, 0.05) is 19.0 Å². The standard InChI is InChI=1S/C19H16ClF3N4O2S/c1-11-9-16(25-17(28)6-7-24-18(29)15-3-2-8-30-15)27(26-11)14-10-12(19(21,22)23)4-5-13(14)20/h2-5,8-10H,6-7H2,1H3,(H,24,29)(H,25,28). The van der Waals surface area contributed by atoms with E-state index in [4.69, 9.17) is 11.6 Å². The van der Waals surface area contributed by atoms with E-state index in [2.05, 4.69) is 15.7 Å². The van der Waals surface area contributed by atoms with E-state index in [1.807, 2.05) is 0 Å². The SMILES string of the molecule is Cc1cc(NC(=O)CCNC(=O)c2cccs2)n(-c2cc(C(F)(F)F)ccc2Cl)n1. The number of aryl methyl sites for hydroxylation is 1. The van der Waals surface area contributed by atoms with Crippen molar-refractivity contribution in [3.63, 3.8) is 0 Å². The number of hydrogen-bond acceptors (Lipinski definition) is 4. The minimum Gasteiger partial charge on any atom is -0.351 e. The zero-order valence-electron chi connectivity index (χ0n) is 15.6. The van der Waals surface area contributed by atoms with E-state index in [0.717, 1.165) is 22.9 Å². The van der Waals surface area contributed by atoms with E-state index in [1.54, 1.807) is 24.4 Å². The Morgan fingerprint density at radius 2 is 2.00 bits per heavy atom. The molecule has 30 heavy (non-hydrogen) atoms. The van der Waals surface area contributed by atoms with Gasteiger partial charge in [-0.3, -0.25) is 9.59 Å². The zero-order chi connectivity index (χ0) is 21.9. The van der Waals surface area contributed by atoms with Crippen LogP contribution < -0.4 is 10.6 Å². The Bertz CT molecular complexity index is 1060. The Morgan fingerprint density at radius 1 is 1.23 bits per heavy atom. The molecule has 0 atom stereocenters. The maximum absolute atomic E-state index is 13.1. The van der Waals surface area contributed by atoms with Crippen LogP contribution in [0, 0.1) is 6.92 Å². The fourth-order valence-electron chi connectivity index (χ4n) is 2.61. The van der Waals surface area contributed by atoms with E-state index < -0.39 is 17.6 Å². The highest BCUT2D eigenvalue weighted by atomic mass is 35.5. The van der Waals surface area contributed by atoms with Crippen molar-refractivity contribution < 1.29 is 22.8 Å². The molecule has 2 heterocycles. The third kappa shape index (κ3) is 5.19. The van der Waals surface area contributed by atoms with Crippen molar-refractivity contribution in [2.75, 3.05) is 11.9 Å². The third-order valence-corrected chi connectivity index (χ3v) is 5.17. The lowest BCUT2D eigenvalue weighted by atomic mass is 10.2. The predicted octanol–water partition coefficient (Wildman–Crippen LogP) is 4.67. The molecule has 0 unspecified atom stereocenters. The Balaban J connectivity index is 1.71. The zero-order valence-corrected chi connectivity index (χ0v) is 17.2. The lowest BCUT2D eigenvalue weighted by Gasteiger charge is -2.13. The summed E-state index contributed by atoms with van der Waals surface area (Å²) in [4.78, 5) is 24.7. The molecule has 0 spiro atoms. The van der Waals surface area contributed by atoms with Crippen molar-refractivity contribution in [1.29, 1.82) is 0 Å². The first-order valence-electron chi connectivity index (χ1n) is 8.70.